The number of benzene rings is 1. The maximum Gasteiger partial charge on any atom is 0.331 e. The predicted molar refractivity (Wildman–Crippen MR) is 98.9 cm³/mol. The Balaban J connectivity index is 1.48. The molecule has 148 valence electrons. The summed E-state index contributed by atoms with van der Waals surface area (Å²) in [7, 11) is 0. The summed E-state index contributed by atoms with van der Waals surface area (Å²) in [5.74, 6) is -2.00. The molecule has 1 fully saturated rings. The Hall–Kier alpha value is -2.93. The number of Topliss-reactive ketones (excluding diaryl/α,β-unsaturated/α-hetero) is 1. The van der Waals surface area contributed by atoms with E-state index < -0.39 is 36.2 Å². The van der Waals surface area contributed by atoms with Crippen molar-refractivity contribution in [2.24, 2.45) is 11.8 Å². The number of hydrogen-bond acceptors (Lipinski definition) is 7. The van der Waals surface area contributed by atoms with Crippen LogP contribution in [0.4, 0.5) is 0 Å². The standard InChI is InChI=1S/C21H22O7/c1-12(27-19(24)10-7-13-5-8-14(22)9-6-13)20(25)15-11-16(15)21(26)17-3-2-4-18(23)28-17/h2,4-10,12,15-17,21-22,26H,3,11H2,1H3/b10-7-/t12-,15+,16+,17-,21+/m1/s1. The highest BCUT2D eigenvalue weighted by molar-refractivity contribution is 5.93. The van der Waals surface area contributed by atoms with Crippen molar-refractivity contribution in [2.45, 2.75) is 38.1 Å². The van der Waals surface area contributed by atoms with E-state index in [4.69, 9.17) is 9.47 Å². The van der Waals surface area contributed by atoms with E-state index in [2.05, 4.69) is 0 Å². The fourth-order valence-electron chi connectivity index (χ4n) is 3.26. The maximum atomic E-state index is 12.5. The number of ketones is 1. The Kier molecular flexibility index (Phi) is 5.94. The van der Waals surface area contributed by atoms with Gasteiger partial charge in [0, 0.05) is 24.5 Å². The van der Waals surface area contributed by atoms with Crippen LogP contribution in [0.2, 0.25) is 0 Å². The van der Waals surface area contributed by atoms with Gasteiger partial charge in [-0.15, -0.1) is 0 Å². The van der Waals surface area contributed by atoms with Crippen molar-refractivity contribution in [1.82, 2.24) is 0 Å². The van der Waals surface area contributed by atoms with Gasteiger partial charge in [0.05, 0.1) is 6.10 Å². The topological polar surface area (TPSA) is 110 Å². The molecule has 0 unspecified atom stereocenters. The lowest BCUT2D eigenvalue weighted by molar-refractivity contribution is -0.152. The summed E-state index contributed by atoms with van der Waals surface area (Å²) in [5.41, 5.74) is 0.704. The zero-order valence-corrected chi connectivity index (χ0v) is 15.4. The smallest absolute Gasteiger partial charge is 0.331 e. The van der Waals surface area contributed by atoms with Gasteiger partial charge >= 0.3 is 11.9 Å². The minimum atomic E-state index is -0.937. The van der Waals surface area contributed by atoms with E-state index >= 15 is 0 Å². The van der Waals surface area contributed by atoms with Gasteiger partial charge in [0.25, 0.3) is 0 Å². The molecule has 0 bridgehead atoms. The largest absolute Gasteiger partial charge is 0.508 e. The van der Waals surface area contributed by atoms with E-state index in [0.717, 1.165) is 0 Å². The summed E-state index contributed by atoms with van der Waals surface area (Å²) in [6.45, 7) is 1.50. The zero-order valence-electron chi connectivity index (χ0n) is 15.4. The van der Waals surface area contributed by atoms with Gasteiger partial charge < -0.3 is 19.7 Å². The first-order valence-corrected chi connectivity index (χ1v) is 9.12. The maximum absolute atomic E-state index is 12.5. The second-order valence-electron chi connectivity index (χ2n) is 7.02. The van der Waals surface area contributed by atoms with Gasteiger partial charge in [-0.3, -0.25) is 4.79 Å². The fraction of sp³-hybridized carbons (Fsp3) is 0.381. The summed E-state index contributed by atoms with van der Waals surface area (Å²) in [5, 5.41) is 19.6. The molecule has 1 aliphatic heterocycles. The number of aromatic hydroxyl groups is 1. The highest BCUT2D eigenvalue weighted by atomic mass is 16.6. The molecule has 1 aromatic rings. The zero-order chi connectivity index (χ0) is 20.3. The molecule has 1 aliphatic carbocycles. The number of hydrogen-bond donors (Lipinski definition) is 2. The summed E-state index contributed by atoms with van der Waals surface area (Å²) in [6.07, 6.45) is 4.08. The summed E-state index contributed by atoms with van der Waals surface area (Å²) in [6, 6.07) is 6.26. The number of carbonyl (C=O) groups is 3. The quantitative estimate of drug-likeness (QED) is 0.543. The van der Waals surface area contributed by atoms with Crippen molar-refractivity contribution in [1.29, 1.82) is 0 Å². The molecule has 7 heteroatoms. The molecule has 0 aromatic heterocycles. The molecule has 1 aromatic carbocycles. The second-order valence-corrected chi connectivity index (χ2v) is 7.02. The lowest BCUT2D eigenvalue weighted by Gasteiger charge is -2.24. The van der Waals surface area contributed by atoms with E-state index in [1.54, 1.807) is 18.2 Å². The highest BCUT2D eigenvalue weighted by Gasteiger charge is 2.51. The van der Waals surface area contributed by atoms with E-state index in [1.807, 2.05) is 0 Å². The Bertz CT molecular complexity index is 809. The average Bonchev–Trinajstić information content (AvgIpc) is 3.47. The van der Waals surface area contributed by atoms with Crippen LogP contribution in [0.1, 0.15) is 25.3 Å². The van der Waals surface area contributed by atoms with Crippen molar-refractivity contribution < 1.29 is 34.1 Å². The fourth-order valence-corrected chi connectivity index (χ4v) is 3.26. The monoisotopic (exact) mass is 386 g/mol. The van der Waals surface area contributed by atoms with Crippen molar-refractivity contribution in [3.8, 4) is 5.75 Å². The summed E-state index contributed by atoms with van der Waals surface area (Å²) < 4.78 is 10.2. The molecule has 7 nitrogen and oxygen atoms in total. The first-order valence-electron chi connectivity index (χ1n) is 9.12. The Morgan fingerprint density at radius 3 is 2.68 bits per heavy atom. The van der Waals surface area contributed by atoms with Crippen LogP contribution in [0.15, 0.2) is 42.5 Å². The predicted octanol–water partition coefficient (Wildman–Crippen LogP) is 1.77. The molecule has 1 heterocycles. The average molecular weight is 386 g/mol. The molecule has 3 rings (SSSR count). The molecular weight excluding hydrogens is 364 g/mol. The third-order valence-electron chi connectivity index (χ3n) is 4.91. The molecule has 0 spiro atoms. The van der Waals surface area contributed by atoms with Gasteiger partial charge in [-0.05, 0) is 43.0 Å². The molecule has 0 saturated heterocycles. The first kappa shape index (κ1) is 19.8. The van der Waals surface area contributed by atoms with Gasteiger partial charge in [-0.1, -0.05) is 18.2 Å². The molecule has 0 amide bonds. The van der Waals surface area contributed by atoms with Crippen molar-refractivity contribution in [2.75, 3.05) is 0 Å². The lowest BCUT2D eigenvalue weighted by atomic mass is 10.0. The molecule has 0 radical (unpaired) electrons. The van der Waals surface area contributed by atoms with Gasteiger partial charge in [0.1, 0.15) is 11.9 Å². The van der Waals surface area contributed by atoms with E-state index in [-0.39, 0.29) is 17.5 Å². The van der Waals surface area contributed by atoms with Crippen LogP contribution in [-0.4, -0.2) is 46.2 Å². The minimum absolute atomic E-state index is 0.124. The van der Waals surface area contributed by atoms with Crippen LogP contribution < -0.4 is 0 Å². The van der Waals surface area contributed by atoms with Gasteiger partial charge in [-0.2, -0.15) is 0 Å². The number of esters is 2. The van der Waals surface area contributed by atoms with Crippen LogP contribution in [-0.2, 0) is 23.9 Å². The van der Waals surface area contributed by atoms with E-state index in [0.29, 0.717) is 18.4 Å². The summed E-state index contributed by atoms with van der Waals surface area (Å²) in [4.78, 5) is 35.7. The van der Waals surface area contributed by atoms with Crippen LogP contribution in [0.3, 0.4) is 0 Å². The van der Waals surface area contributed by atoms with Gasteiger partial charge in [0.15, 0.2) is 11.9 Å². The third-order valence-corrected chi connectivity index (χ3v) is 4.91. The van der Waals surface area contributed by atoms with Gasteiger partial charge in [-0.25, -0.2) is 9.59 Å². The molecule has 5 atom stereocenters. The van der Waals surface area contributed by atoms with Crippen LogP contribution in [0.25, 0.3) is 6.08 Å². The van der Waals surface area contributed by atoms with Crippen LogP contribution in [0.5, 0.6) is 5.75 Å². The lowest BCUT2D eigenvalue weighted by Crippen LogP contribution is -2.35. The third kappa shape index (κ3) is 4.86. The number of ether oxygens (including phenoxy) is 2. The van der Waals surface area contributed by atoms with Crippen molar-refractivity contribution in [3.05, 3.63) is 48.1 Å². The normalized spacial score (nSPS) is 25.8. The van der Waals surface area contributed by atoms with Crippen molar-refractivity contribution in [3.63, 3.8) is 0 Å². The Morgan fingerprint density at radius 1 is 1.29 bits per heavy atom. The van der Waals surface area contributed by atoms with Crippen LogP contribution >= 0.6 is 0 Å². The van der Waals surface area contributed by atoms with Crippen LogP contribution in [0, 0.1) is 11.8 Å². The molecule has 1 saturated carbocycles. The van der Waals surface area contributed by atoms with Crippen molar-refractivity contribution >= 4 is 23.8 Å². The number of cyclic esters (lactones) is 1. The molecule has 2 N–H and O–H groups in total. The number of aliphatic hydroxyl groups is 1. The molecular formula is C21H22O7. The number of phenolic OH excluding ortho intramolecular Hbond substituents is 1. The second kappa shape index (κ2) is 8.39. The van der Waals surface area contributed by atoms with E-state index in [9.17, 15) is 24.6 Å². The molecule has 28 heavy (non-hydrogen) atoms. The first-order chi connectivity index (χ1) is 13.3. The Labute approximate surface area is 162 Å². The SMILES string of the molecule is C[C@@H](OC(=O)/C=C\c1ccc(O)cc1)C(=O)[C@H]1C[C@@H]1[C@H](O)[C@H]1CC=CC(=O)O1. The summed E-state index contributed by atoms with van der Waals surface area (Å²) >= 11 is 0. The number of aliphatic hydroxyl groups excluding tert-OH is 1. The number of phenols is 1. The Morgan fingerprint density at radius 2 is 2.00 bits per heavy atom. The molecule has 2 aliphatic rings. The van der Waals surface area contributed by atoms with E-state index in [1.165, 1.54) is 37.3 Å². The minimum Gasteiger partial charge on any atom is -0.508 e. The number of carbonyl (C=O) groups excluding carboxylic acids is 3. The van der Waals surface area contributed by atoms with Gasteiger partial charge in [0.2, 0.25) is 0 Å². The highest BCUT2D eigenvalue weighted by Crippen LogP contribution is 2.44. The number of rotatable bonds is 7.